The van der Waals surface area contributed by atoms with E-state index in [0.717, 1.165) is 12.8 Å². The van der Waals surface area contributed by atoms with Crippen molar-refractivity contribution in [1.82, 2.24) is 0 Å². The van der Waals surface area contributed by atoms with Gasteiger partial charge in [-0.05, 0) is 25.5 Å². The van der Waals surface area contributed by atoms with Crippen LogP contribution in [-0.4, -0.2) is 13.7 Å². The van der Waals surface area contributed by atoms with Gasteiger partial charge in [0.1, 0.15) is 5.75 Å². The van der Waals surface area contributed by atoms with Gasteiger partial charge < -0.3 is 4.18 Å². The highest BCUT2D eigenvalue weighted by Crippen LogP contribution is 2.18. The molecule has 126 valence electrons. The minimum atomic E-state index is -3.52. The molecule has 1 aromatic carbocycles. The molecule has 0 aromatic heterocycles. The molecule has 0 heterocycles. The predicted molar refractivity (Wildman–Crippen MR) is 92.7 cm³/mol. The summed E-state index contributed by atoms with van der Waals surface area (Å²) in [5.41, 5.74) is 0. The molecule has 0 radical (unpaired) electrons. The molecule has 1 unspecified atom stereocenters. The van der Waals surface area contributed by atoms with Crippen LogP contribution in [0.3, 0.4) is 0 Å². The van der Waals surface area contributed by atoms with Gasteiger partial charge in [0.15, 0.2) is 0 Å². The quantitative estimate of drug-likeness (QED) is 0.386. The Morgan fingerprint density at radius 1 is 0.909 bits per heavy atom. The Bertz CT molecular complexity index is 482. The fourth-order valence-electron chi connectivity index (χ4n) is 2.40. The van der Waals surface area contributed by atoms with Crippen molar-refractivity contribution in [2.45, 2.75) is 76.9 Å². The Hall–Kier alpha value is -1.03. The van der Waals surface area contributed by atoms with Gasteiger partial charge in [0.2, 0.25) is 0 Å². The number of rotatable bonds is 12. The smallest absolute Gasteiger partial charge is 0.311 e. The molecular weight excluding hydrogens is 296 g/mol. The standard InChI is InChI=1S/C18H30O3S/c1-3-4-5-6-7-8-9-11-14-17(2)22(19,20)21-18-15-12-10-13-16-18/h10,12-13,15-17H,3-9,11,14H2,1-2H3. The summed E-state index contributed by atoms with van der Waals surface area (Å²) in [6.07, 6.45) is 10.4. The fraction of sp³-hybridized carbons (Fsp3) is 0.667. The first-order chi connectivity index (χ1) is 10.6. The topological polar surface area (TPSA) is 43.4 Å². The molecule has 4 heteroatoms. The average molecular weight is 327 g/mol. The van der Waals surface area contributed by atoms with Crippen molar-refractivity contribution < 1.29 is 12.6 Å². The lowest BCUT2D eigenvalue weighted by Gasteiger charge is -2.13. The number of hydrogen-bond acceptors (Lipinski definition) is 3. The first-order valence-corrected chi connectivity index (χ1v) is 10.0. The second kappa shape index (κ2) is 10.7. The Kier molecular flexibility index (Phi) is 9.21. The predicted octanol–water partition coefficient (Wildman–Crippen LogP) is 5.31. The van der Waals surface area contributed by atoms with Gasteiger partial charge in [-0.3, -0.25) is 0 Å². The number of hydrogen-bond donors (Lipinski definition) is 0. The van der Waals surface area contributed by atoms with Gasteiger partial charge in [0, 0.05) is 0 Å². The van der Waals surface area contributed by atoms with Crippen molar-refractivity contribution in [3.8, 4) is 5.75 Å². The Labute approximate surface area is 136 Å². The van der Waals surface area contributed by atoms with E-state index in [2.05, 4.69) is 6.92 Å². The minimum Gasteiger partial charge on any atom is -0.382 e. The maximum atomic E-state index is 12.1. The third-order valence-electron chi connectivity index (χ3n) is 3.91. The van der Waals surface area contributed by atoms with Crippen LogP contribution in [0.5, 0.6) is 5.75 Å². The molecule has 3 nitrogen and oxygen atoms in total. The van der Waals surface area contributed by atoms with Crippen LogP contribution in [-0.2, 0) is 10.1 Å². The van der Waals surface area contributed by atoms with Gasteiger partial charge in [-0.15, -0.1) is 0 Å². The maximum absolute atomic E-state index is 12.1. The molecule has 0 N–H and O–H groups in total. The van der Waals surface area contributed by atoms with Gasteiger partial charge in [-0.25, -0.2) is 0 Å². The molecule has 1 rings (SSSR count). The zero-order valence-electron chi connectivity index (χ0n) is 14.0. The van der Waals surface area contributed by atoms with Crippen molar-refractivity contribution in [3.05, 3.63) is 30.3 Å². The van der Waals surface area contributed by atoms with Crippen molar-refractivity contribution in [2.75, 3.05) is 0 Å². The van der Waals surface area contributed by atoms with Crippen LogP contribution in [0.4, 0.5) is 0 Å². The van der Waals surface area contributed by atoms with E-state index in [4.69, 9.17) is 4.18 Å². The summed E-state index contributed by atoms with van der Waals surface area (Å²) in [5.74, 6) is 0.394. The average Bonchev–Trinajstić information content (AvgIpc) is 2.50. The van der Waals surface area contributed by atoms with E-state index in [-0.39, 0.29) is 0 Å². The van der Waals surface area contributed by atoms with Crippen molar-refractivity contribution in [2.24, 2.45) is 0 Å². The monoisotopic (exact) mass is 326 g/mol. The lowest BCUT2D eigenvalue weighted by molar-refractivity contribution is 0.464. The molecule has 1 atom stereocenters. The molecule has 0 saturated carbocycles. The highest BCUT2D eigenvalue weighted by molar-refractivity contribution is 7.87. The first-order valence-electron chi connectivity index (χ1n) is 8.54. The summed E-state index contributed by atoms with van der Waals surface area (Å²) in [6.45, 7) is 3.96. The van der Waals surface area contributed by atoms with Gasteiger partial charge in [-0.2, -0.15) is 8.42 Å². The Morgan fingerprint density at radius 2 is 1.45 bits per heavy atom. The van der Waals surface area contributed by atoms with Gasteiger partial charge in [-0.1, -0.05) is 76.5 Å². The molecule has 0 saturated heterocycles. The summed E-state index contributed by atoms with van der Waals surface area (Å²) < 4.78 is 29.4. The zero-order chi connectivity index (χ0) is 16.3. The molecule has 1 aromatic rings. The van der Waals surface area contributed by atoms with Crippen LogP contribution in [0, 0.1) is 0 Å². The van der Waals surface area contributed by atoms with E-state index in [1.807, 2.05) is 6.07 Å². The molecular formula is C18H30O3S. The van der Waals surface area contributed by atoms with E-state index in [1.165, 1.54) is 38.5 Å². The van der Waals surface area contributed by atoms with Crippen LogP contribution in [0.2, 0.25) is 0 Å². The van der Waals surface area contributed by atoms with Gasteiger partial charge in [0.05, 0.1) is 5.25 Å². The molecule has 0 aliphatic rings. The zero-order valence-corrected chi connectivity index (χ0v) is 14.8. The third-order valence-corrected chi connectivity index (χ3v) is 5.56. The number of para-hydroxylation sites is 1. The normalized spacial score (nSPS) is 13.0. The van der Waals surface area contributed by atoms with E-state index in [1.54, 1.807) is 31.2 Å². The van der Waals surface area contributed by atoms with Crippen LogP contribution < -0.4 is 4.18 Å². The second-order valence-corrected chi connectivity index (χ2v) is 7.92. The lowest BCUT2D eigenvalue weighted by atomic mass is 10.1. The lowest BCUT2D eigenvalue weighted by Crippen LogP contribution is -2.23. The van der Waals surface area contributed by atoms with Crippen LogP contribution in [0.1, 0.15) is 71.6 Å². The summed E-state index contributed by atoms with van der Waals surface area (Å²) in [5, 5.41) is -0.451. The SMILES string of the molecule is CCCCCCCCCCC(C)S(=O)(=O)Oc1ccccc1. The molecule has 0 amide bonds. The molecule has 22 heavy (non-hydrogen) atoms. The maximum Gasteiger partial charge on any atom is 0.311 e. The highest BCUT2D eigenvalue weighted by atomic mass is 32.2. The molecule has 0 aliphatic carbocycles. The number of benzene rings is 1. The highest BCUT2D eigenvalue weighted by Gasteiger charge is 2.22. The second-order valence-electron chi connectivity index (χ2n) is 5.96. The van der Waals surface area contributed by atoms with Crippen LogP contribution in [0.25, 0.3) is 0 Å². The summed E-state index contributed by atoms with van der Waals surface area (Å²) in [6, 6.07) is 8.71. The van der Waals surface area contributed by atoms with Crippen LogP contribution >= 0.6 is 0 Å². The first kappa shape index (κ1) is 19.0. The summed E-state index contributed by atoms with van der Waals surface area (Å²) >= 11 is 0. The largest absolute Gasteiger partial charge is 0.382 e. The van der Waals surface area contributed by atoms with E-state index in [0.29, 0.717) is 12.2 Å². The molecule has 0 spiro atoms. The van der Waals surface area contributed by atoms with Crippen molar-refractivity contribution in [1.29, 1.82) is 0 Å². The number of unbranched alkanes of at least 4 members (excludes halogenated alkanes) is 7. The van der Waals surface area contributed by atoms with Crippen molar-refractivity contribution >= 4 is 10.1 Å². The Morgan fingerprint density at radius 3 is 2.05 bits per heavy atom. The van der Waals surface area contributed by atoms with Crippen LogP contribution in [0.15, 0.2) is 30.3 Å². The fourth-order valence-corrected chi connectivity index (χ4v) is 3.40. The van der Waals surface area contributed by atoms with E-state index in [9.17, 15) is 8.42 Å². The molecule has 0 aliphatic heterocycles. The minimum absolute atomic E-state index is 0.394. The Balaban J connectivity index is 2.19. The van der Waals surface area contributed by atoms with Crippen molar-refractivity contribution in [3.63, 3.8) is 0 Å². The van der Waals surface area contributed by atoms with Gasteiger partial charge >= 0.3 is 10.1 Å². The summed E-state index contributed by atoms with van der Waals surface area (Å²) in [7, 11) is -3.52. The third kappa shape index (κ3) is 7.83. The van der Waals surface area contributed by atoms with E-state index >= 15 is 0 Å². The van der Waals surface area contributed by atoms with E-state index < -0.39 is 15.4 Å². The molecule has 0 bridgehead atoms. The summed E-state index contributed by atoms with van der Waals surface area (Å²) in [4.78, 5) is 0. The molecule has 0 fully saturated rings. The van der Waals surface area contributed by atoms with Gasteiger partial charge in [0.25, 0.3) is 0 Å².